The van der Waals surface area contributed by atoms with Gasteiger partial charge in [-0.1, -0.05) is 38.8 Å². The summed E-state index contributed by atoms with van der Waals surface area (Å²) in [5.41, 5.74) is 1.17. The van der Waals surface area contributed by atoms with Crippen molar-refractivity contribution in [3.8, 4) is 17.1 Å². The number of benzene rings is 2. The molecule has 2 aromatic carbocycles. The van der Waals surface area contributed by atoms with Crippen LogP contribution in [-0.2, 0) is 6.54 Å². The third-order valence-corrected chi connectivity index (χ3v) is 4.76. The number of carbonyl (C=O) groups is 1. The van der Waals surface area contributed by atoms with Crippen molar-refractivity contribution in [2.75, 3.05) is 13.7 Å². The third-order valence-electron chi connectivity index (χ3n) is 3.94. The van der Waals surface area contributed by atoms with E-state index >= 15 is 0 Å². The number of nitrogens with zero attached hydrogens (tertiary/aromatic N) is 3. The minimum Gasteiger partial charge on any atom is -0.497 e. The predicted molar refractivity (Wildman–Crippen MR) is 110 cm³/mol. The Kier molecular flexibility index (Phi) is 6.49. The molecule has 28 heavy (non-hydrogen) atoms. The highest BCUT2D eigenvalue weighted by Gasteiger charge is 2.21. The number of halogens is 2. The van der Waals surface area contributed by atoms with Crippen molar-refractivity contribution in [3.63, 3.8) is 0 Å². The second kappa shape index (κ2) is 9.03. The quantitative estimate of drug-likeness (QED) is 0.463. The molecule has 0 bridgehead atoms. The highest BCUT2D eigenvalue weighted by atomic mass is 79.9. The van der Waals surface area contributed by atoms with E-state index in [9.17, 15) is 4.79 Å². The summed E-state index contributed by atoms with van der Waals surface area (Å²) in [6.45, 7) is 4.16. The number of ether oxygens (including phenoxy) is 1. The first-order valence-electron chi connectivity index (χ1n) is 8.34. The molecule has 0 aliphatic rings. The highest BCUT2D eigenvalue weighted by Crippen LogP contribution is 2.24. The summed E-state index contributed by atoms with van der Waals surface area (Å²) < 4.78 is 11.2. The zero-order chi connectivity index (χ0) is 20.1. The van der Waals surface area contributed by atoms with Gasteiger partial charge >= 0.3 is 0 Å². The van der Waals surface area contributed by atoms with Crippen LogP contribution in [0.4, 0.5) is 0 Å². The fraction of sp³-hybridized carbons (Fsp3) is 0.150. The zero-order valence-corrected chi connectivity index (χ0v) is 17.4. The summed E-state index contributed by atoms with van der Waals surface area (Å²) in [6, 6.07) is 12.4. The van der Waals surface area contributed by atoms with E-state index in [2.05, 4.69) is 32.6 Å². The van der Waals surface area contributed by atoms with Crippen LogP contribution in [0.25, 0.3) is 11.4 Å². The van der Waals surface area contributed by atoms with Crippen molar-refractivity contribution >= 4 is 33.4 Å². The summed E-state index contributed by atoms with van der Waals surface area (Å²) in [5.74, 6) is 1.23. The molecule has 1 heterocycles. The summed E-state index contributed by atoms with van der Waals surface area (Å²) in [5, 5.41) is 4.36. The van der Waals surface area contributed by atoms with Gasteiger partial charge in [-0.3, -0.25) is 4.79 Å². The van der Waals surface area contributed by atoms with Gasteiger partial charge in [0.25, 0.3) is 5.91 Å². The molecular formula is C20H17BrClN3O3. The van der Waals surface area contributed by atoms with E-state index in [1.165, 1.54) is 4.90 Å². The van der Waals surface area contributed by atoms with Crippen molar-refractivity contribution in [2.45, 2.75) is 6.54 Å². The monoisotopic (exact) mass is 461 g/mol. The predicted octanol–water partition coefficient (Wildman–Crippen LogP) is 4.99. The van der Waals surface area contributed by atoms with E-state index in [-0.39, 0.29) is 12.5 Å². The molecule has 0 spiro atoms. The first-order chi connectivity index (χ1) is 13.5. The Balaban J connectivity index is 1.81. The van der Waals surface area contributed by atoms with Gasteiger partial charge in [0.2, 0.25) is 11.7 Å². The van der Waals surface area contributed by atoms with E-state index in [0.717, 1.165) is 15.8 Å². The second-order valence-electron chi connectivity index (χ2n) is 5.84. The molecule has 0 atom stereocenters. The van der Waals surface area contributed by atoms with Gasteiger partial charge in [-0.25, -0.2) is 0 Å². The van der Waals surface area contributed by atoms with Crippen LogP contribution in [0.3, 0.4) is 0 Å². The van der Waals surface area contributed by atoms with Crippen LogP contribution >= 0.6 is 27.5 Å². The summed E-state index contributed by atoms with van der Waals surface area (Å²) in [7, 11) is 1.60. The lowest BCUT2D eigenvalue weighted by molar-refractivity contribution is 0.0745. The van der Waals surface area contributed by atoms with Crippen LogP contribution in [-0.4, -0.2) is 34.6 Å². The molecule has 8 heteroatoms. The number of amides is 1. The van der Waals surface area contributed by atoms with Crippen molar-refractivity contribution in [1.82, 2.24) is 15.0 Å². The first-order valence-corrected chi connectivity index (χ1v) is 9.51. The number of aromatic nitrogens is 2. The fourth-order valence-electron chi connectivity index (χ4n) is 2.55. The normalized spacial score (nSPS) is 10.5. The van der Waals surface area contributed by atoms with Crippen LogP contribution in [0.2, 0.25) is 5.02 Å². The van der Waals surface area contributed by atoms with Crippen LogP contribution in [0.1, 0.15) is 16.2 Å². The fourth-order valence-corrected chi connectivity index (χ4v) is 3.11. The van der Waals surface area contributed by atoms with Gasteiger partial charge in [0.1, 0.15) is 12.3 Å². The van der Waals surface area contributed by atoms with Crippen molar-refractivity contribution in [2.24, 2.45) is 0 Å². The maximum atomic E-state index is 12.9. The van der Waals surface area contributed by atoms with Crippen LogP contribution in [0, 0.1) is 0 Å². The van der Waals surface area contributed by atoms with Gasteiger partial charge < -0.3 is 14.2 Å². The lowest BCUT2D eigenvalue weighted by Gasteiger charge is -2.19. The Morgan fingerprint density at radius 1 is 1.32 bits per heavy atom. The zero-order valence-electron chi connectivity index (χ0n) is 15.1. The molecular weight excluding hydrogens is 446 g/mol. The highest BCUT2D eigenvalue weighted by molar-refractivity contribution is 9.10. The van der Waals surface area contributed by atoms with Gasteiger partial charge in [0.15, 0.2) is 0 Å². The Morgan fingerprint density at radius 3 is 2.75 bits per heavy atom. The van der Waals surface area contributed by atoms with Gasteiger partial charge in [0.05, 0.1) is 17.7 Å². The summed E-state index contributed by atoms with van der Waals surface area (Å²) >= 11 is 9.55. The van der Waals surface area contributed by atoms with Gasteiger partial charge in [-0.2, -0.15) is 4.98 Å². The Morgan fingerprint density at radius 2 is 2.07 bits per heavy atom. The molecule has 3 rings (SSSR count). The van der Waals surface area contributed by atoms with E-state index in [0.29, 0.717) is 28.8 Å². The molecule has 0 N–H and O–H groups in total. The molecule has 1 aromatic heterocycles. The molecule has 144 valence electrons. The molecule has 3 aromatic rings. The SMILES string of the molecule is C=CCN(Cc1nc(-c2ccc(OC)cc2)no1)C(=O)c1cc(Br)ccc1Cl. The lowest BCUT2D eigenvalue weighted by Crippen LogP contribution is -2.31. The molecule has 0 unspecified atom stereocenters. The maximum Gasteiger partial charge on any atom is 0.256 e. The third kappa shape index (κ3) is 4.61. The number of methoxy groups -OCH3 is 1. The summed E-state index contributed by atoms with van der Waals surface area (Å²) in [6.07, 6.45) is 1.63. The van der Waals surface area contributed by atoms with Gasteiger partial charge in [0, 0.05) is 16.6 Å². The largest absolute Gasteiger partial charge is 0.497 e. The number of hydrogen-bond donors (Lipinski definition) is 0. The Labute approximate surface area is 175 Å². The topological polar surface area (TPSA) is 68.5 Å². The summed E-state index contributed by atoms with van der Waals surface area (Å²) in [4.78, 5) is 18.8. The van der Waals surface area contributed by atoms with Gasteiger partial charge in [-0.05, 0) is 42.5 Å². The van der Waals surface area contributed by atoms with E-state index < -0.39 is 0 Å². The Hall–Kier alpha value is -2.64. The molecule has 1 amide bonds. The number of rotatable bonds is 7. The molecule has 0 fully saturated rings. The van der Waals surface area contributed by atoms with Gasteiger partial charge in [-0.15, -0.1) is 6.58 Å². The smallest absolute Gasteiger partial charge is 0.256 e. The molecule has 0 radical (unpaired) electrons. The Bertz CT molecular complexity index is 989. The molecule has 6 nitrogen and oxygen atoms in total. The van der Waals surface area contributed by atoms with Crippen molar-refractivity contribution in [3.05, 3.63) is 76.1 Å². The first kappa shape index (κ1) is 20.1. The standard InChI is InChI=1S/C20H17BrClN3O3/c1-3-10-25(20(26)16-11-14(21)6-9-17(16)22)12-18-23-19(24-28-18)13-4-7-15(27-2)8-5-13/h3-9,11H,1,10,12H2,2H3. The minimum absolute atomic E-state index is 0.136. The number of carbonyl (C=O) groups excluding carboxylic acids is 1. The maximum absolute atomic E-state index is 12.9. The van der Waals surface area contributed by atoms with E-state index in [4.69, 9.17) is 20.9 Å². The molecule has 0 aliphatic heterocycles. The van der Waals surface area contributed by atoms with Crippen LogP contribution in [0.15, 0.2) is 64.1 Å². The van der Waals surface area contributed by atoms with Crippen molar-refractivity contribution in [1.29, 1.82) is 0 Å². The van der Waals surface area contributed by atoms with Crippen molar-refractivity contribution < 1.29 is 14.1 Å². The van der Waals surface area contributed by atoms with Crippen LogP contribution < -0.4 is 4.74 Å². The minimum atomic E-state index is -0.254. The lowest BCUT2D eigenvalue weighted by atomic mass is 10.2. The molecule has 0 saturated carbocycles. The molecule has 0 aliphatic carbocycles. The van der Waals surface area contributed by atoms with E-state index in [1.807, 2.05) is 24.3 Å². The average Bonchev–Trinajstić information content (AvgIpc) is 3.17. The van der Waals surface area contributed by atoms with E-state index in [1.54, 1.807) is 31.4 Å². The number of hydrogen-bond acceptors (Lipinski definition) is 5. The average molecular weight is 463 g/mol. The molecule has 0 saturated heterocycles. The second-order valence-corrected chi connectivity index (χ2v) is 7.16. The van der Waals surface area contributed by atoms with Crippen LogP contribution in [0.5, 0.6) is 5.75 Å².